The molecule has 1 saturated carbocycles. The smallest absolute Gasteiger partial charge is 0.244 e. The molecule has 176 valence electrons. The Labute approximate surface area is 219 Å². The molecule has 0 saturated heterocycles. The zero-order chi connectivity index (χ0) is 23.8. The van der Waals surface area contributed by atoms with Crippen LogP contribution in [-0.2, 0) is 20.0 Å². The topological polar surface area (TPSA) is 133 Å². The van der Waals surface area contributed by atoms with Crippen molar-refractivity contribution in [3.63, 3.8) is 0 Å². The van der Waals surface area contributed by atoms with Crippen LogP contribution in [-0.4, -0.2) is 39.1 Å². The minimum atomic E-state index is -4.17. The Morgan fingerprint density at radius 2 is 1.03 bits per heavy atom. The highest BCUT2D eigenvalue weighted by Gasteiger charge is 2.35. The average Bonchev–Trinajstić information content (AvgIpc) is 2.68. The second-order valence-electron chi connectivity index (χ2n) is 7.21. The van der Waals surface area contributed by atoms with Crippen molar-refractivity contribution in [2.75, 3.05) is 0 Å². The molecule has 0 aliphatic heterocycles. The lowest BCUT2D eigenvalue weighted by Gasteiger charge is -2.32. The summed E-state index contributed by atoms with van der Waals surface area (Å²) in [7, 11) is -8.34. The van der Waals surface area contributed by atoms with Crippen LogP contribution < -0.4 is 9.44 Å². The summed E-state index contributed by atoms with van der Waals surface area (Å²) in [6.45, 7) is 0. The highest BCUT2D eigenvalue weighted by Crippen LogP contribution is 2.36. The van der Waals surface area contributed by atoms with Crippen LogP contribution in [0.15, 0.2) is 51.9 Å². The SMILES string of the molecule is O=S(=O)(N[C@@H]1CCCC[C@H]1NS(=O)(=O)c1cc(Br)cc(Br)c1O)c1cc(Br)cc(Br)c1O. The molecule has 14 heteroatoms. The summed E-state index contributed by atoms with van der Waals surface area (Å²) in [6, 6.07) is 4.04. The molecular formula is C18H18Br4N2O6S2. The van der Waals surface area contributed by atoms with Crippen molar-refractivity contribution in [1.82, 2.24) is 9.44 Å². The molecule has 0 bridgehead atoms. The van der Waals surface area contributed by atoms with Gasteiger partial charge in [0.2, 0.25) is 20.0 Å². The van der Waals surface area contributed by atoms with E-state index in [1.54, 1.807) is 0 Å². The molecule has 2 atom stereocenters. The van der Waals surface area contributed by atoms with Crippen LogP contribution in [0.3, 0.4) is 0 Å². The molecule has 0 radical (unpaired) electrons. The van der Waals surface area contributed by atoms with E-state index in [1.807, 2.05) is 0 Å². The van der Waals surface area contributed by atoms with Crippen molar-refractivity contribution >= 4 is 83.8 Å². The standard InChI is InChI=1S/C18H18Br4N2O6S2/c19-9-5-11(21)17(25)15(7-9)31(27,28)23-13-3-1-2-4-14(13)24-32(29,30)16-8-10(20)6-12(22)18(16)26/h5-8,13-14,23-26H,1-4H2/t13-,14-/m1/s1. The van der Waals surface area contributed by atoms with E-state index in [1.165, 1.54) is 24.3 Å². The second kappa shape index (κ2) is 10.2. The Morgan fingerprint density at radius 1 is 0.688 bits per heavy atom. The molecule has 4 N–H and O–H groups in total. The Balaban J connectivity index is 1.90. The summed E-state index contributed by atoms with van der Waals surface area (Å²) in [5.74, 6) is -0.893. The van der Waals surface area contributed by atoms with Crippen molar-refractivity contribution in [2.45, 2.75) is 47.6 Å². The third-order valence-corrected chi connectivity index (χ3v) is 10.1. The van der Waals surface area contributed by atoms with E-state index in [0.717, 1.165) is 0 Å². The average molecular weight is 742 g/mol. The molecule has 32 heavy (non-hydrogen) atoms. The van der Waals surface area contributed by atoms with Crippen LogP contribution in [0.2, 0.25) is 0 Å². The first kappa shape index (κ1) is 26.4. The van der Waals surface area contributed by atoms with Gasteiger partial charge in [-0.3, -0.25) is 0 Å². The first-order valence-electron chi connectivity index (χ1n) is 9.22. The van der Waals surface area contributed by atoms with E-state index in [9.17, 15) is 27.0 Å². The van der Waals surface area contributed by atoms with E-state index in [0.29, 0.717) is 34.6 Å². The molecule has 2 aromatic carbocycles. The number of benzene rings is 2. The van der Waals surface area contributed by atoms with Crippen LogP contribution in [0, 0.1) is 0 Å². The Morgan fingerprint density at radius 3 is 1.38 bits per heavy atom. The third-order valence-electron chi connectivity index (χ3n) is 4.94. The fraction of sp³-hybridized carbons (Fsp3) is 0.333. The van der Waals surface area contributed by atoms with Gasteiger partial charge in [-0.1, -0.05) is 44.7 Å². The maximum Gasteiger partial charge on any atom is 0.244 e. The lowest BCUT2D eigenvalue weighted by Crippen LogP contribution is -2.53. The van der Waals surface area contributed by atoms with Gasteiger partial charge in [0.05, 0.1) is 8.95 Å². The van der Waals surface area contributed by atoms with E-state index >= 15 is 0 Å². The maximum atomic E-state index is 13.0. The van der Waals surface area contributed by atoms with Crippen LogP contribution in [0.5, 0.6) is 11.5 Å². The van der Waals surface area contributed by atoms with Gasteiger partial charge in [0.15, 0.2) is 0 Å². The van der Waals surface area contributed by atoms with E-state index in [-0.39, 0.29) is 18.7 Å². The number of rotatable bonds is 6. The van der Waals surface area contributed by atoms with Gasteiger partial charge < -0.3 is 10.2 Å². The summed E-state index contributed by atoms with van der Waals surface area (Å²) >= 11 is 12.6. The first-order chi connectivity index (χ1) is 14.8. The van der Waals surface area contributed by atoms with E-state index < -0.39 is 43.6 Å². The number of hydrogen-bond donors (Lipinski definition) is 4. The molecule has 8 nitrogen and oxygen atoms in total. The number of phenols is 2. The summed E-state index contributed by atoms with van der Waals surface area (Å²) in [5.41, 5.74) is 0. The fourth-order valence-electron chi connectivity index (χ4n) is 3.43. The quantitative estimate of drug-likeness (QED) is 0.339. The summed E-state index contributed by atoms with van der Waals surface area (Å²) < 4.78 is 58.4. The molecule has 0 heterocycles. The van der Waals surface area contributed by atoms with Gasteiger partial charge in [-0.15, -0.1) is 0 Å². The lowest BCUT2D eigenvalue weighted by molar-refractivity contribution is 0.339. The predicted octanol–water partition coefficient (Wildman–Crippen LogP) is 4.72. The lowest BCUT2D eigenvalue weighted by atomic mass is 9.92. The number of aromatic hydroxyl groups is 2. The molecule has 3 rings (SSSR count). The Hall–Kier alpha value is -0.220. The van der Waals surface area contributed by atoms with E-state index in [4.69, 9.17) is 0 Å². The van der Waals surface area contributed by atoms with Gasteiger partial charge in [-0.25, -0.2) is 26.3 Å². The summed E-state index contributed by atoms with van der Waals surface area (Å²) in [5, 5.41) is 20.5. The highest BCUT2D eigenvalue weighted by atomic mass is 79.9. The molecule has 0 amide bonds. The summed E-state index contributed by atoms with van der Waals surface area (Å²) in [4.78, 5) is -0.668. The number of halogens is 4. The van der Waals surface area contributed by atoms with Crippen LogP contribution in [0.4, 0.5) is 0 Å². The van der Waals surface area contributed by atoms with Gasteiger partial charge in [0.25, 0.3) is 0 Å². The number of sulfonamides is 2. The summed E-state index contributed by atoms with van der Waals surface area (Å²) in [6.07, 6.45) is 2.20. The van der Waals surface area contributed by atoms with Crippen molar-refractivity contribution in [3.8, 4) is 11.5 Å². The Bertz CT molecular complexity index is 1160. The second-order valence-corrected chi connectivity index (χ2v) is 14.1. The fourth-order valence-corrected chi connectivity index (χ4v) is 9.36. The number of nitrogens with one attached hydrogen (secondary N) is 2. The van der Waals surface area contributed by atoms with Crippen molar-refractivity contribution in [1.29, 1.82) is 0 Å². The molecule has 1 aliphatic carbocycles. The minimum Gasteiger partial charge on any atom is -0.505 e. The van der Waals surface area contributed by atoms with Crippen LogP contribution in [0.25, 0.3) is 0 Å². The van der Waals surface area contributed by atoms with Gasteiger partial charge in [-0.05, 0) is 69.0 Å². The minimum absolute atomic E-state index is 0.198. The van der Waals surface area contributed by atoms with Gasteiger partial charge in [0.1, 0.15) is 21.3 Å². The van der Waals surface area contributed by atoms with Gasteiger partial charge in [-0.2, -0.15) is 0 Å². The normalized spacial score (nSPS) is 19.8. The molecule has 0 spiro atoms. The van der Waals surface area contributed by atoms with Gasteiger partial charge >= 0.3 is 0 Å². The predicted molar refractivity (Wildman–Crippen MR) is 134 cm³/mol. The number of phenolic OH excluding ortho intramolecular Hbond substituents is 2. The van der Waals surface area contributed by atoms with Gasteiger partial charge in [0, 0.05) is 21.0 Å². The van der Waals surface area contributed by atoms with Crippen LogP contribution in [0.1, 0.15) is 25.7 Å². The Kier molecular flexibility index (Phi) is 8.39. The molecule has 1 fully saturated rings. The molecular weight excluding hydrogens is 724 g/mol. The highest BCUT2D eigenvalue weighted by molar-refractivity contribution is 9.11. The molecule has 2 aromatic rings. The maximum absolute atomic E-state index is 13.0. The van der Waals surface area contributed by atoms with Crippen LogP contribution >= 0.6 is 63.7 Å². The zero-order valence-corrected chi connectivity index (χ0v) is 24.1. The zero-order valence-electron chi connectivity index (χ0n) is 16.1. The van der Waals surface area contributed by atoms with Crippen molar-refractivity contribution in [3.05, 3.63) is 42.2 Å². The molecule has 1 aliphatic rings. The molecule has 0 unspecified atom stereocenters. The van der Waals surface area contributed by atoms with Crippen molar-refractivity contribution < 1.29 is 27.0 Å². The van der Waals surface area contributed by atoms with Crippen molar-refractivity contribution in [2.24, 2.45) is 0 Å². The number of hydrogen-bond acceptors (Lipinski definition) is 6. The largest absolute Gasteiger partial charge is 0.505 e. The van der Waals surface area contributed by atoms with E-state index in [2.05, 4.69) is 73.2 Å². The first-order valence-corrected chi connectivity index (χ1v) is 15.4. The third kappa shape index (κ3) is 5.88. The molecule has 0 aromatic heterocycles. The monoisotopic (exact) mass is 738 g/mol.